The molecule has 3 rings (SSSR count). The lowest BCUT2D eigenvalue weighted by Crippen LogP contribution is -2.37. The van der Waals surface area contributed by atoms with Gasteiger partial charge in [-0.05, 0) is 19.4 Å². The number of aryl methyl sites for hydroxylation is 1. The number of cyclic esters (lactones) is 1. The molecule has 2 aliphatic heterocycles. The van der Waals surface area contributed by atoms with Crippen molar-refractivity contribution in [3.8, 4) is 0 Å². The monoisotopic (exact) mass is 307 g/mol. The summed E-state index contributed by atoms with van der Waals surface area (Å²) in [5, 5.41) is 11.1. The predicted octanol–water partition coefficient (Wildman–Crippen LogP) is 2.23. The van der Waals surface area contributed by atoms with Gasteiger partial charge in [0.1, 0.15) is 12.1 Å². The van der Waals surface area contributed by atoms with E-state index in [1.54, 1.807) is 5.06 Å². The van der Waals surface area contributed by atoms with E-state index < -0.39 is 6.04 Å². The summed E-state index contributed by atoms with van der Waals surface area (Å²) >= 11 is 0. The van der Waals surface area contributed by atoms with E-state index in [-0.39, 0.29) is 30.6 Å². The summed E-state index contributed by atoms with van der Waals surface area (Å²) < 4.78 is 5.12. The highest BCUT2D eigenvalue weighted by Gasteiger charge is 2.54. The molecule has 0 radical (unpaired) electrons. The van der Waals surface area contributed by atoms with E-state index in [0.29, 0.717) is 6.61 Å². The van der Waals surface area contributed by atoms with Crippen molar-refractivity contribution in [2.24, 2.45) is 5.92 Å². The van der Waals surface area contributed by atoms with Crippen molar-refractivity contribution in [2.45, 2.75) is 45.9 Å². The third kappa shape index (κ3) is 3.02. The molecule has 0 aromatic heterocycles. The van der Waals surface area contributed by atoms with Crippen LogP contribution in [0.1, 0.15) is 37.9 Å². The summed E-state index contributed by atoms with van der Waals surface area (Å²) in [5.41, 5.74) is 2.25. The second kappa shape index (κ2) is 7.22. The minimum absolute atomic E-state index is 0.0652. The first kappa shape index (κ1) is 16.9. The zero-order valence-electron chi connectivity index (χ0n) is 13.7. The van der Waals surface area contributed by atoms with Crippen LogP contribution in [-0.4, -0.2) is 41.5 Å². The van der Waals surface area contributed by atoms with Crippen LogP contribution < -0.4 is 0 Å². The summed E-state index contributed by atoms with van der Waals surface area (Å²) in [7, 11) is 0. The fraction of sp³-hybridized carbons (Fsp3) is 0.588. The quantitative estimate of drug-likeness (QED) is 0.868. The Morgan fingerprint density at radius 2 is 2.14 bits per heavy atom. The lowest BCUT2D eigenvalue weighted by atomic mass is 9.97. The number of rotatable bonds is 3. The minimum Gasteiger partial charge on any atom is -0.464 e. The molecule has 5 nitrogen and oxygen atoms in total. The molecular formula is C17H25NO4. The van der Waals surface area contributed by atoms with E-state index in [1.165, 1.54) is 0 Å². The number of hydrogen-bond donors (Lipinski definition) is 1. The van der Waals surface area contributed by atoms with Crippen LogP contribution in [0.25, 0.3) is 0 Å². The molecule has 0 bridgehead atoms. The van der Waals surface area contributed by atoms with Gasteiger partial charge in [-0.2, -0.15) is 5.06 Å². The van der Waals surface area contributed by atoms with Crippen LogP contribution in [0.2, 0.25) is 0 Å². The van der Waals surface area contributed by atoms with Gasteiger partial charge in [0.25, 0.3) is 0 Å². The summed E-state index contributed by atoms with van der Waals surface area (Å²) in [4.78, 5) is 17.7. The van der Waals surface area contributed by atoms with Gasteiger partial charge in [-0.3, -0.25) is 9.63 Å². The SMILES string of the molecule is CC.Cc1cccc(C(C)N2OC(CO)[C@H]3COC(=O)[C@H]32)c1. The fourth-order valence-corrected chi connectivity index (χ4v) is 3.01. The zero-order valence-corrected chi connectivity index (χ0v) is 13.7. The molecule has 0 saturated carbocycles. The lowest BCUT2D eigenvalue weighted by Gasteiger charge is -2.27. The number of carbonyl (C=O) groups is 1. The van der Waals surface area contributed by atoms with E-state index in [4.69, 9.17) is 9.57 Å². The average molecular weight is 307 g/mol. The third-order valence-corrected chi connectivity index (χ3v) is 4.16. The fourth-order valence-electron chi connectivity index (χ4n) is 3.01. The molecule has 1 N–H and O–H groups in total. The van der Waals surface area contributed by atoms with E-state index in [2.05, 4.69) is 6.07 Å². The number of hydrogen-bond acceptors (Lipinski definition) is 5. The first-order chi connectivity index (χ1) is 10.6. The minimum atomic E-state index is -0.414. The molecule has 1 aromatic carbocycles. The molecule has 2 unspecified atom stereocenters. The Balaban J connectivity index is 0.000000847. The van der Waals surface area contributed by atoms with Gasteiger partial charge in [-0.1, -0.05) is 43.7 Å². The molecular weight excluding hydrogens is 282 g/mol. The van der Waals surface area contributed by atoms with E-state index >= 15 is 0 Å². The van der Waals surface area contributed by atoms with Gasteiger partial charge < -0.3 is 9.84 Å². The largest absolute Gasteiger partial charge is 0.464 e. The number of benzene rings is 1. The number of fused-ring (bicyclic) bond motifs is 1. The standard InChI is InChI=1S/C15H19NO4.C2H6/c1-9-4-3-5-11(6-9)10(2)16-14-12(8-19-15(14)18)13(7-17)20-16;1-2/h3-6,10,12-14,17H,7-8H2,1-2H3;1-2H3/t10?,12-,13?,14+;/m1./s1. The van der Waals surface area contributed by atoms with E-state index in [1.807, 2.05) is 45.9 Å². The van der Waals surface area contributed by atoms with Gasteiger partial charge in [0.15, 0.2) is 0 Å². The van der Waals surface area contributed by atoms with E-state index in [9.17, 15) is 9.90 Å². The van der Waals surface area contributed by atoms with Gasteiger partial charge in [0.2, 0.25) is 0 Å². The predicted molar refractivity (Wildman–Crippen MR) is 83.0 cm³/mol. The average Bonchev–Trinajstić information content (AvgIpc) is 3.09. The van der Waals surface area contributed by atoms with Crippen molar-refractivity contribution in [2.75, 3.05) is 13.2 Å². The van der Waals surface area contributed by atoms with Gasteiger partial charge >= 0.3 is 5.97 Å². The highest BCUT2D eigenvalue weighted by atomic mass is 16.7. The molecule has 122 valence electrons. The normalized spacial score (nSPS) is 28.6. The molecule has 1 aromatic rings. The third-order valence-electron chi connectivity index (χ3n) is 4.16. The number of esters is 1. The number of ether oxygens (including phenoxy) is 1. The first-order valence-electron chi connectivity index (χ1n) is 7.91. The van der Waals surface area contributed by atoms with Gasteiger partial charge in [-0.15, -0.1) is 0 Å². The summed E-state index contributed by atoms with van der Waals surface area (Å²) in [5.74, 6) is -0.342. The number of aliphatic hydroxyl groups excluding tert-OH is 1. The maximum Gasteiger partial charge on any atom is 0.326 e. The Hall–Kier alpha value is -1.43. The summed E-state index contributed by atoms with van der Waals surface area (Å²) in [6.45, 7) is 8.25. The van der Waals surface area contributed by atoms with Crippen LogP contribution in [0.5, 0.6) is 0 Å². The summed E-state index contributed by atoms with van der Waals surface area (Å²) in [6, 6.07) is 7.64. The molecule has 2 fully saturated rings. The van der Waals surface area contributed by atoms with Crippen molar-refractivity contribution < 1.29 is 19.5 Å². The first-order valence-corrected chi connectivity index (χ1v) is 7.91. The second-order valence-electron chi connectivity index (χ2n) is 5.52. The van der Waals surface area contributed by atoms with Crippen LogP contribution in [0.15, 0.2) is 24.3 Å². The van der Waals surface area contributed by atoms with Crippen molar-refractivity contribution in [3.63, 3.8) is 0 Å². The Morgan fingerprint density at radius 1 is 1.41 bits per heavy atom. The highest BCUT2D eigenvalue weighted by Crippen LogP contribution is 2.38. The Bertz CT molecular complexity index is 519. The number of hydroxylamine groups is 2. The smallest absolute Gasteiger partial charge is 0.326 e. The number of aliphatic hydroxyl groups is 1. The Morgan fingerprint density at radius 3 is 2.77 bits per heavy atom. The molecule has 0 aliphatic carbocycles. The van der Waals surface area contributed by atoms with Gasteiger partial charge in [0.05, 0.1) is 25.2 Å². The topological polar surface area (TPSA) is 59.0 Å². The highest BCUT2D eigenvalue weighted by molar-refractivity contribution is 5.78. The van der Waals surface area contributed by atoms with Crippen molar-refractivity contribution in [1.29, 1.82) is 0 Å². The van der Waals surface area contributed by atoms with Crippen LogP contribution in [0.4, 0.5) is 0 Å². The Labute approximate surface area is 131 Å². The molecule has 0 amide bonds. The Kier molecular flexibility index (Phi) is 5.56. The van der Waals surface area contributed by atoms with Crippen LogP contribution >= 0.6 is 0 Å². The second-order valence-corrected chi connectivity index (χ2v) is 5.52. The van der Waals surface area contributed by atoms with Crippen LogP contribution in [-0.2, 0) is 14.4 Å². The molecule has 22 heavy (non-hydrogen) atoms. The van der Waals surface area contributed by atoms with Gasteiger partial charge in [0, 0.05) is 0 Å². The molecule has 2 heterocycles. The van der Waals surface area contributed by atoms with Gasteiger partial charge in [-0.25, -0.2) is 0 Å². The van der Waals surface area contributed by atoms with Crippen molar-refractivity contribution >= 4 is 5.97 Å². The maximum absolute atomic E-state index is 11.9. The van der Waals surface area contributed by atoms with Crippen molar-refractivity contribution in [3.05, 3.63) is 35.4 Å². The maximum atomic E-state index is 11.9. The lowest BCUT2D eigenvalue weighted by molar-refractivity contribution is -0.205. The molecule has 4 atom stereocenters. The summed E-state index contributed by atoms with van der Waals surface area (Å²) in [6.07, 6.45) is -0.362. The molecule has 2 aliphatic rings. The zero-order chi connectivity index (χ0) is 16.3. The number of carbonyl (C=O) groups excluding carboxylic acids is 1. The molecule has 2 saturated heterocycles. The van der Waals surface area contributed by atoms with Crippen molar-refractivity contribution in [1.82, 2.24) is 5.06 Å². The van der Waals surface area contributed by atoms with Crippen LogP contribution in [0.3, 0.4) is 0 Å². The van der Waals surface area contributed by atoms with E-state index in [0.717, 1.165) is 11.1 Å². The molecule has 0 spiro atoms. The molecule has 5 heteroatoms. The number of nitrogens with zero attached hydrogens (tertiary/aromatic N) is 1. The van der Waals surface area contributed by atoms with Crippen LogP contribution in [0, 0.1) is 12.8 Å².